The molecule has 0 heterocycles. The molecule has 0 bridgehead atoms. The fourth-order valence-corrected chi connectivity index (χ4v) is 3.61. The van der Waals surface area contributed by atoms with Gasteiger partial charge >= 0.3 is 0 Å². The molecule has 16 heavy (non-hydrogen) atoms. The van der Waals surface area contributed by atoms with Crippen molar-refractivity contribution >= 4 is 26.0 Å². The lowest BCUT2D eigenvalue weighted by molar-refractivity contribution is 0.281. The Bertz CT molecular complexity index is 471. The SMILES string of the molecule is CC(C)NS(=O)(=O)c1ccc(CO)cc1Br. The Kier molecular flexibility index (Phi) is 4.49. The summed E-state index contributed by atoms with van der Waals surface area (Å²) in [5.41, 5.74) is 0.662. The molecule has 0 aliphatic rings. The van der Waals surface area contributed by atoms with Crippen LogP contribution in [-0.2, 0) is 16.6 Å². The Labute approximate surface area is 104 Å². The Balaban J connectivity index is 3.14. The summed E-state index contributed by atoms with van der Waals surface area (Å²) < 4.78 is 26.7. The maximum absolute atomic E-state index is 11.9. The lowest BCUT2D eigenvalue weighted by Gasteiger charge is -2.11. The molecule has 0 saturated carbocycles. The zero-order chi connectivity index (χ0) is 12.3. The van der Waals surface area contributed by atoms with Gasteiger partial charge in [-0.3, -0.25) is 0 Å². The Morgan fingerprint density at radius 3 is 2.50 bits per heavy atom. The quantitative estimate of drug-likeness (QED) is 0.888. The normalized spacial score (nSPS) is 12.1. The van der Waals surface area contributed by atoms with Gasteiger partial charge in [-0.2, -0.15) is 0 Å². The van der Waals surface area contributed by atoms with Crippen LogP contribution in [0.3, 0.4) is 0 Å². The maximum atomic E-state index is 11.9. The van der Waals surface area contributed by atoms with E-state index in [-0.39, 0.29) is 17.5 Å². The molecule has 2 N–H and O–H groups in total. The molecule has 1 rings (SSSR count). The van der Waals surface area contributed by atoms with Crippen LogP contribution < -0.4 is 4.72 Å². The van der Waals surface area contributed by atoms with Gasteiger partial charge in [0.25, 0.3) is 0 Å². The van der Waals surface area contributed by atoms with Crippen LogP contribution in [0.1, 0.15) is 19.4 Å². The smallest absolute Gasteiger partial charge is 0.241 e. The van der Waals surface area contributed by atoms with E-state index in [1.807, 2.05) is 0 Å². The van der Waals surface area contributed by atoms with E-state index >= 15 is 0 Å². The van der Waals surface area contributed by atoms with Crippen LogP contribution >= 0.6 is 15.9 Å². The number of nitrogens with one attached hydrogen (secondary N) is 1. The average molecular weight is 308 g/mol. The summed E-state index contributed by atoms with van der Waals surface area (Å²) in [6.07, 6.45) is 0. The number of hydrogen-bond acceptors (Lipinski definition) is 3. The van der Waals surface area contributed by atoms with Gasteiger partial charge in [0.05, 0.1) is 11.5 Å². The lowest BCUT2D eigenvalue weighted by Crippen LogP contribution is -2.30. The molecule has 0 aliphatic heterocycles. The molecule has 0 aliphatic carbocycles. The average Bonchev–Trinajstić information content (AvgIpc) is 2.14. The van der Waals surface area contributed by atoms with Crippen LogP contribution in [0.15, 0.2) is 27.6 Å². The first-order chi connectivity index (χ1) is 7.36. The van der Waals surface area contributed by atoms with Crippen molar-refractivity contribution in [1.82, 2.24) is 4.72 Å². The van der Waals surface area contributed by atoms with Gasteiger partial charge in [-0.05, 0) is 47.5 Å². The van der Waals surface area contributed by atoms with Gasteiger partial charge in [-0.25, -0.2) is 13.1 Å². The minimum Gasteiger partial charge on any atom is -0.392 e. The van der Waals surface area contributed by atoms with Crippen molar-refractivity contribution in [3.8, 4) is 0 Å². The first kappa shape index (κ1) is 13.6. The third kappa shape index (κ3) is 3.28. The Hall–Kier alpha value is -0.430. The van der Waals surface area contributed by atoms with Crippen molar-refractivity contribution in [3.63, 3.8) is 0 Å². The third-order valence-electron chi connectivity index (χ3n) is 1.86. The Morgan fingerprint density at radius 1 is 1.44 bits per heavy atom. The molecule has 90 valence electrons. The maximum Gasteiger partial charge on any atom is 0.241 e. The number of hydrogen-bond donors (Lipinski definition) is 2. The van der Waals surface area contributed by atoms with Crippen molar-refractivity contribution in [3.05, 3.63) is 28.2 Å². The molecule has 0 fully saturated rings. The van der Waals surface area contributed by atoms with Crippen LogP contribution in [0.2, 0.25) is 0 Å². The van der Waals surface area contributed by atoms with E-state index in [1.165, 1.54) is 6.07 Å². The zero-order valence-corrected chi connectivity index (χ0v) is 11.5. The van der Waals surface area contributed by atoms with Crippen molar-refractivity contribution < 1.29 is 13.5 Å². The van der Waals surface area contributed by atoms with Crippen LogP contribution in [0.25, 0.3) is 0 Å². The zero-order valence-electron chi connectivity index (χ0n) is 9.07. The number of aliphatic hydroxyl groups is 1. The van der Waals surface area contributed by atoms with E-state index in [0.29, 0.717) is 10.0 Å². The summed E-state index contributed by atoms with van der Waals surface area (Å²) in [5.74, 6) is 0. The summed E-state index contributed by atoms with van der Waals surface area (Å²) in [6, 6.07) is 4.49. The molecule has 0 saturated heterocycles. The van der Waals surface area contributed by atoms with Crippen molar-refractivity contribution in [2.75, 3.05) is 0 Å². The molecule has 0 atom stereocenters. The van der Waals surface area contributed by atoms with Crippen LogP contribution in [0.4, 0.5) is 0 Å². The topological polar surface area (TPSA) is 66.4 Å². The molecule has 0 amide bonds. The van der Waals surface area contributed by atoms with E-state index in [2.05, 4.69) is 20.7 Å². The van der Waals surface area contributed by atoms with Gasteiger partial charge in [0.15, 0.2) is 0 Å². The van der Waals surface area contributed by atoms with Crippen molar-refractivity contribution in [2.45, 2.75) is 31.4 Å². The van der Waals surface area contributed by atoms with Gasteiger partial charge in [-0.15, -0.1) is 0 Å². The van der Waals surface area contributed by atoms with E-state index in [9.17, 15) is 8.42 Å². The fourth-order valence-electron chi connectivity index (χ4n) is 1.23. The van der Waals surface area contributed by atoms with Crippen LogP contribution in [-0.4, -0.2) is 19.6 Å². The number of rotatable bonds is 4. The van der Waals surface area contributed by atoms with Gasteiger partial charge < -0.3 is 5.11 Å². The fraction of sp³-hybridized carbons (Fsp3) is 0.400. The minimum atomic E-state index is -3.49. The summed E-state index contributed by atoms with van der Waals surface area (Å²) in [5, 5.41) is 8.92. The molecule has 0 aromatic heterocycles. The van der Waals surface area contributed by atoms with Crippen molar-refractivity contribution in [1.29, 1.82) is 0 Å². The molecular weight excluding hydrogens is 294 g/mol. The van der Waals surface area contributed by atoms with E-state index in [4.69, 9.17) is 5.11 Å². The number of benzene rings is 1. The molecule has 0 unspecified atom stereocenters. The first-order valence-electron chi connectivity index (χ1n) is 4.78. The summed E-state index contributed by atoms with van der Waals surface area (Å²) in [7, 11) is -3.49. The molecule has 0 radical (unpaired) electrons. The van der Waals surface area contributed by atoms with E-state index in [1.54, 1.807) is 26.0 Å². The largest absolute Gasteiger partial charge is 0.392 e. The minimum absolute atomic E-state index is 0.115. The van der Waals surface area contributed by atoms with Crippen LogP contribution in [0.5, 0.6) is 0 Å². The van der Waals surface area contributed by atoms with Gasteiger partial charge in [0, 0.05) is 10.5 Å². The second-order valence-electron chi connectivity index (χ2n) is 3.70. The summed E-state index contributed by atoms with van der Waals surface area (Å²) in [6.45, 7) is 3.40. The van der Waals surface area contributed by atoms with Gasteiger partial charge in [-0.1, -0.05) is 6.07 Å². The van der Waals surface area contributed by atoms with Crippen molar-refractivity contribution in [2.24, 2.45) is 0 Å². The first-order valence-corrected chi connectivity index (χ1v) is 7.06. The summed E-state index contributed by atoms with van der Waals surface area (Å²) in [4.78, 5) is 0.179. The lowest BCUT2D eigenvalue weighted by atomic mass is 10.2. The third-order valence-corrected chi connectivity index (χ3v) is 4.49. The molecule has 6 heteroatoms. The van der Waals surface area contributed by atoms with E-state index < -0.39 is 10.0 Å². The predicted molar refractivity (Wildman–Crippen MR) is 65.5 cm³/mol. The predicted octanol–water partition coefficient (Wildman–Crippen LogP) is 1.63. The molecule has 1 aromatic rings. The number of aliphatic hydroxyl groups excluding tert-OH is 1. The number of halogens is 1. The Morgan fingerprint density at radius 2 is 2.06 bits per heavy atom. The molecule has 0 spiro atoms. The monoisotopic (exact) mass is 307 g/mol. The molecular formula is C10H14BrNO3S. The second-order valence-corrected chi connectivity index (χ2v) is 6.24. The van der Waals surface area contributed by atoms with Gasteiger partial charge in [0.2, 0.25) is 10.0 Å². The van der Waals surface area contributed by atoms with Crippen LogP contribution in [0, 0.1) is 0 Å². The standard InChI is InChI=1S/C10H14BrNO3S/c1-7(2)12-16(14,15)10-4-3-8(6-13)5-9(10)11/h3-5,7,12-13H,6H2,1-2H3. The summed E-state index contributed by atoms with van der Waals surface area (Å²) >= 11 is 3.18. The number of sulfonamides is 1. The van der Waals surface area contributed by atoms with Gasteiger partial charge in [0.1, 0.15) is 0 Å². The molecule has 4 nitrogen and oxygen atoms in total. The highest BCUT2D eigenvalue weighted by molar-refractivity contribution is 9.10. The van der Waals surface area contributed by atoms with E-state index in [0.717, 1.165) is 0 Å². The highest BCUT2D eigenvalue weighted by Gasteiger charge is 2.18. The highest BCUT2D eigenvalue weighted by Crippen LogP contribution is 2.23. The molecule has 1 aromatic carbocycles. The second kappa shape index (κ2) is 5.27. The highest BCUT2D eigenvalue weighted by atomic mass is 79.9.